The van der Waals surface area contributed by atoms with Gasteiger partial charge in [0.05, 0.1) is 12.0 Å². The number of nitrogens with two attached hydrogens (primary N) is 1. The number of halogens is 1. The molecular formula is C13H16ClN3. The van der Waals surface area contributed by atoms with Gasteiger partial charge in [0.25, 0.3) is 0 Å². The minimum atomic E-state index is 0.0386. The highest BCUT2D eigenvalue weighted by atomic mass is 35.5. The van der Waals surface area contributed by atoms with Crippen LogP contribution < -0.4 is 5.73 Å². The van der Waals surface area contributed by atoms with E-state index >= 15 is 0 Å². The van der Waals surface area contributed by atoms with Crippen molar-refractivity contribution in [1.82, 2.24) is 9.55 Å². The van der Waals surface area contributed by atoms with Crippen molar-refractivity contribution in [3.8, 4) is 0 Å². The van der Waals surface area contributed by atoms with Crippen molar-refractivity contribution in [2.45, 2.75) is 25.9 Å². The van der Waals surface area contributed by atoms with Crippen LogP contribution in [0.4, 0.5) is 0 Å². The van der Waals surface area contributed by atoms with E-state index in [2.05, 4.69) is 16.5 Å². The van der Waals surface area contributed by atoms with Crippen LogP contribution in [0.15, 0.2) is 36.8 Å². The van der Waals surface area contributed by atoms with Gasteiger partial charge in [-0.3, -0.25) is 0 Å². The van der Waals surface area contributed by atoms with E-state index in [4.69, 9.17) is 17.3 Å². The van der Waals surface area contributed by atoms with Crippen LogP contribution >= 0.6 is 11.6 Å². The molecule has 4 heteroatoms. The molecule has 0 aliphatic carbocycles. The van der Waals surface area contributed by atoms with Gasteiger partial charge in [-0.1, -0.05) is 30.7 Å². The van der Waals surface area contributed by atoms with E-state index in [1.54, 1.807) is 0 Å². The summed E-state index contributed by atoms with van der Waals surface area (Å²) in [5.74, 6) is 0. The zero-order chi connectivity index (χ0) is 12.3. The molecular weight excluding hydrogens is 234 g/mol. The topological polar surface area (TPSA) is 43.8 Å². The summed E-state index contributed by atoms with van der Waals surface area (Å²) in [6.07, 6.45) is 4.55. The summed E-state index contributed by atoms with van der Waals surface area (Å²) in [7, 11) is 0. The molecule has 17 heavy (non-hydrogen) atoms. The number of rotatable bonds is 4. The second kappa shape index (κ2) is 5.34. The Morgan fingerprint density at radius 3 is 3.00 bits per heavy atom. The predicted molar refractivity (Wildman–Crippen MR) is 70.0 cm³/mol. The van der Waals surface area contributed by atoms with E-state index < -0.39 is 0 Å². The molecule has 0 fully saturated rings. The van der Waals surface area contributed by atoms with Crippen LogP contribution in [0.25, 0.3) is 0 Å². The van der Waals surface area contributed by atoms with Crippen molar-refractivity contribution in [1.29, 1.82) is 0 Å². The lowest BCUT2D eigenvalue weighted by molar-refractivity contribution is 0.618. The summed E-state index contributed by atoms with van der Waals surface area (Å²) >= 11 is 5.97. The Morgan fingerprint density at radius 2 is 2.29 bits per heavy atom. The molecule has 1 heterocycles. The van der Waals surface area contributed by atoms with Crippen LogP contribution in [0.5, 0.6) is 0 Å². The van der Waals surface area contributed by atoms with Crippen LogP contribution in [0.1, 0.15) is 30.6 Å². The fraction of sp³-hybridized carbons (Fsp3) is 0.308. The zero-order valence-electron chi connectivity index (χ0n) is 9.81. The Morgan fingerprint density at radius 1 is 1.47 bits per heavy atom. The second-order valence-corrected chi connectivity index (χ2v) is 4.53. The SMILES string of the molecule is CC[C@@H](N)c1cncn1Cc1cccc(Cl)c1. The van der Waals surface area contributed by atoms with Crippen molar-refractivity contribution in [3.63, 3.8) is 0 Å². The number of aromatic nitrogens is 2. The monoisotopic (exact) mass is 249 g/mol. The van der Waals surface area contributed by atoms with Crippen LogP contribution in [-0.2, 0) is 6.54 Å². The largest absolute Gasteiger partial charge is 0.329 e. The van der Waals surface area contributed by atoms with Gasteiger partial charge >= 0.3 is 0 Å². The number of imidazole rings is 1. The molecule has 0 saturated heterocycles. The lowest BCUT2D eigenvalue weighted by atomic mass is 10.1. The highest BCUT2D eigenvalue weighted by molar-refractivity contribution is 6.30. The summed E-state index contributed by atoms with van der Waals surface area (Å²) in [5, 5.41) is 0.754. The molecule has 0 radical (unpaired) electrons. The first kappa shape index (κ1) is 12.1. The fourth-order valence-electron chi connectivity index (χ4n) is 1.81. The van der Waals surface area contributed by atoms with E-state index in [9.17, 15) is 0 Å². The third-order valence-electron chi connectivity index (χ3n) is 2.81. The van der Waals surface area contributed by atoms with Crippen LogP contribution in [0, 0.1) is 0 Å². The molecule has 90 valence electrons. The first-order valence-corrected chi connectivity index (χ1v) is 6.08. The third-order valence-corrected chi connectivity index (χ3v) is 3.04. The van der Waals surface area contributed by atoms with Crippen molar-refractivity contribution < 1.29 is 0 Å². The molecule has 0 aliphatic rings. The molecule has 0 amide bonds. The first-order chi connectivity index (χ1) is 8.20. The van der Waals surface area contributed by atoms with E-state index in [0.717, 1.165) is 29.2 Å². The molecule has 1 atom stereocenters. The molecule has 0 unspecified atom stereocenters. The second-order valence-electron chi connectivity index (χ2n) is 4.09. The van der Waals surface area contributed by atoms with E-state index in [1.807, 2.05) is 36.8 Å². The van der Waals surface area contributed by atoms with Crippen LogP contribution in [0.3, 0.4) is 0 Å². The molecule has 0 bridgehead atoms. The van der Waals surface area contributed by atoms with Gasteiger partial charge in [0.2, 0.25) is 0 Å². The molecule has 2 rings (SSSR count). The van der Waals surface area contributed by atoms with E-state index in [1.165, 1.54) is 0 Å². The molecule has 0 aliphatic heterocycles. The lowest BCUT2D eigenvalue weighted by Gasteiger charge is -2.13. The Hall–Kier alpha value is -1.32. The zero-order valence-corrected chi connectivity index (χ0v) is 10.6. The number of hydrogen-bond acceptors (Lipinski definition) is 2. The van der Waals surface area contributed by atoms with Crippen molar-refractivity contribution >= 4 is 11.6 Å². The van der Waals surface area contributed by atoms with Crippen molar-refractivity contribution in [2.24, 2.45) is 5.73 Å². The quantitative estimate of drug-likeness (QED) is 0.905. The normalized spacial score (nSPS) is 12.6. The number of hydrogen-bond donors (Lipinski definition) is 1. The van der Waals surface area contributed by atoms with Gasteiger partial charge < -0.3 is 10.3 Å². The highest BCUT2D eigenvalue weighted by Gasteiger charge is 2.09. The van der Waals surface area contributed by atoms with Gasteiger partial charge in [0.15, 0.2) is 0 Å². The summed E-state index contributed by atoms with van der Waals surface area (Å²) in [5.41, 5.74) is 8.25. The molecule has 2 N–H and O–H groups in total. The Balaban J connectivity index is 2.22. The minimum absolute atomic E-state index is 0.0386. The number of nitrogens with zero attached hydrogens (tertiary/aromatic N) is 2. The van der Waals surface area contributed by atoms with E-state index in [-0.39, 0.29) is 6.04 Å². The fourth-order valence-corrected chi connectivity index (χ4v) is 2.03. The maximum Gasteiger partial charge on any atom is 0.0951 e. The minimum Gasteiger partial charge on any atom is -0.329 e. The molecule has 0 saturated carbocycles. The summed E-state index contributed by atoms with van der Waals surface area (Å²) in [6, 6.07) is 7.87. The molecule has 2 aromatic rings. The average Bonchev–Trinajstić information content (AvgIpc) is 2.76. The Labute approximate surface area is 106 Å². The standard InChI is InChI=1S/C13H16ClN3/c1-2-12(15)13-7-16-9-17(13)8-10-4-3-5-11(14)6-10/h3-7,9,12H,2,8,15H2,1H3/t12-/m1/s1. The molecule has 0 spiro atoms. The highest BCUT2D eigenvalue weighted by Crippen LogP contribution is 2.16. The van der Waals surface area contributed by atoms with E-state index in [0.29, 0.717) is 0 Å². The molecule has 3 nitrogen and oxygen atoms in total. The summed E-state index contributed by atoms with van der Waals surface area (Å²) in [6.45, 7) is 2.82. The first-order valence-electron chi connectivity index (χ1n) is 5.70. The molecule has 1 aromatic heterocycles. The van der Waals surface area contributed by atoms with Crippen LogP contribution in [-0.4, -0.2) is 9.55 Å². The van der Waals surface area contributed by atoms with Gasteiger partial charge in [0, 0.05) is 23.8 Å². The van der Waals surface area contributed by atoms with Crippen molar-refractivity contribution in [3.05, 3.63) is 53.1 Å². The summed E-state index contributed by atoms with van der Waals surface area (Å²) < 4.78 is 2.07. The van der Waals surface area contributed by atoms with Gasteiger partial charge in [-0.25, -0.2) is 4.98 Å². The predicted octanol–water partition coefficient (Wildman–Crippen LogP) is 2.99. The van der Waals surface area contributed by atoms with Gasteiger partial charge in [-0.05, 0) is 24.1 Å². The Kier molecular flexibility index (Phi) is 3.82. The van der Waals surface area contributed by atoms with Crippen molar-refractivity contribution in [2.75, 3.05) is 0 Å². The Bertz CT molecular complexity index is 493. The third kappa shape index (κ3) is 2.87. The molecule has 1 aromatic carbocycles. The van der Waals surface area contributed by atoms with Crippen LogP contribution in [0.2, 0.25) is 5.02 Å². The maximum atomic E-state index is 6.04. The number of benzene rings is 1. The summed E-state index contributed by atoms with van der Waals surface area (Å²) in [4.78, 5) is 4.16. The maximum absolute atomic E-state index is 6.04. The average molecular weight is 250 g/mol. The lowest BCUT2D eigenvalue weighted by Crippen LogP contribution is -2.14. The smallest absolute Gasteiger partial charge is 0.0951 e. The van der Waals surface area contributed by atoms with Gasteiger partial charge in [-0.2, -0.15) is 0 Å². The van der Waals surface area contributed by atoms with Gasteiger partial charge in [0.1, 0.15) is 0 Å². The van der Waals surface area contributed by atoms with Gasteiger partial charge in [-0.15, -0.1) is 0 Å².